The largest absolute Gasteiger partial charge is 0.394 e. The number of ether oxygens (including phenoxy) is 1. The van der Waals surface area contributed by atoms with Crippen molar-refractivity contribution in [2.45, 2.75) is 0 Å². The number of hydrogen-bond donors (Lipinski definition) is 3. The van der Waals surface area contributed by atoms with Gasteiger partial charge in [-0.05, 0) is 17.7 Å². The molecular formula is C19H17FN6O2. The predicted molar refractivity (Wildman–Crippen MR) is 105 cm³/mol. The Bertz CT molecular complexity index is 1260. The Labute approximate surface area is 158 Å². The maximum absolute atomic E-state index is 14.1. The Morgan fingerprint density at radius 3 is 2.86 bits per heavy atom. The molecule has 4 N–H and O–H groups in total. The van der Waals surface area contributed by atoms with Gasteiger partial charge in [-0.25, -0.2) is 4.39 Å². The van der Waals surface area contributed by atoms with Crippen LogP contribution in [0.1, 0.15) is 0 Å². The first-order valence-corrected chi connectivity index (χ1v) is 8.89. The molecule has 0 unspecified atom stereocenters. The number of benzene rings is 1. The minimum absolute atomic E-state index is 0.0354. The highest BCUT2D eigenvalue weighted by atomic mass is 19.1. The zero-order valence-electron chi connectivity index (χ0n) is 14.8. The third kappa shape index (κ3) is 2.51. The van der Waals surface area contributed by atoms with Gasteiger partial charge in [0.25, 0.3) is 5.56 Å². The van der Waals surface area contributed by atoms with Gasteiger partial charge in [-0.15, -0.1) is 0 Å². The number of anilines is 2. The van der Waals surface area contributed by atoms with Gasteiger partial charge in [-0.3, -0.25) is 14.9 Å². The number of halogens is 1. The molecule has 1 aromatic carbocycles. The zero-order valence-corrected chi connectivity index (χ0v) is 14.8. The minimum atomic E-state index is -0.425. The number of aromatic amines is 2. The molecule has 1 aliphatic heterocycles. The highest BCUT2D eigenvalue weighted by Crippen LogP contribution is 2.36. The molecule has 0 aliphatic carbocycles. The van der Waals surface area contributed by atoms with Crippen molar-refractivity contribution >= 4 is 33.3 Å². The molecule has 8 nitrogen and oxygen atoms in total. The minimum Gasteiger partial charge on any atom is -0.394 e. The van der Waals surface area contributed by atoms with E-state index in [-0.39, 0.29) is 11.2 Å². The van der Waals surface area contributed by atoms with Crippen LogP contribution in [-0.2, 0) is 4.74 Å². The van der Waals surface area contributed by atoms with Crippen LogP contribution in [0.3, 0.4) is 0 Å². The van der Waals surface area contributed by atoms with Gasteiger partial charge in [0.2, 0.25) is 0 Å². The van der Waals surface area contributed by atoms with Gasteiger partial charge in [0.1, 0.15) is 17.0 Å². The molecule has 5 rings (SSSR count). The molecule has 142 valence electrons. The number of nitrogens with two attached hydrogens (primary N) is 1. The summed E-state index contributed by atoms with van der Waals surface area (Å²) in [5.41, 5.74) is 9.09. The summed E-state index contributed by atoms with van der Waals surface area (Å²) in [6, 6.07) is 4.80. The Morgan fingerprint density at radius 2 is 2.04 bits per heavy atom. The predicted octanol–water partition coefficient (Wildman–Crippen LogP) is 2.02. The molecule has 28 heavy (non-hydrogen) atoms. The lowest BCUT2D eigenvalue weighted by Crippen LogP contribution is -2.36. The lowest BCUT2D eigenvalue weighted by Gasteiger charge is -2.28. The molecule has 0 amide bonds. The average Bonchev–Trinajstić information content (AvgIpc) is 3.21. The number of hydrogen-bond acceptors (Lipinski definition) is 6. The van der Waals surface area contributed by atoms with Crippen LogP contribution in [0.15, 0.2) is 35.4 Å². The van der Waals surface area contributed by atoms with Gasteiger partial charge in [0, 0.05) is 24.0 Å². The Hall–Kier alpha value is -3.46. The van der Waals surface area contributed by atoms with Crippen molar-refractivity contribution < 1.29 is 9.13 Å². The summed E-state index contributed by atoms with van der Waals surface area (Å²) in [5, 5.41) is 7.11. The molecule has 0 spiro atoms. The summed E-state index contributed by atoms with van der Waals surface area (Å²) in [6.45, 7) is 2.81. The van der Waals surface area contributed by atoms with Crippen molar-refractivity contribution in [3.8, 4) is 11.1 Å². The van der Waals surface area contributed by atoms with E-state index in [1.165, 1.54) is 12.3 Å². The number of nitrogens with one attached hydrogen (secondary N) is 2. The van der Waals surface area contributed by atoms with Gasteiger partial charge >= 0.3 is 0 Å². The Balaban J connectivity index is 1.76. The van der Waals surface area contributed by atoms with E-state index in [9.17, 15) is 9.18 Å². The molecule has 1 fully saturated rings. The highest BCUT2D eigenvalue weighted by molar-refractivity contribution is 6.06. The second-order valence-corrected chi connectivity index (χ2v) is 6.69. The average molecular weight is 380 g/mol. The summed E-state index contributed by atoms with van der Waals surface area (Å²) in [7, 11) is 0. The maximum atomic E-state index is 14.1. The topological polar surface area (TPSA) is 113 Å². The molecule has 4 heterocycles. The summed E-state index contributed by atoms with van der Waals surface area (Å²) < 4.78 is 19.5. The summed E-state index contributed by atoms with van der Waals surface area (Å²) in [4.78, 5) is 22.1. The van der Waals surface area contributed by atoms with Gasteiger partial charge in [0.15, 0.2) is 0 Å². The second-order valence-electron chi connectivity index (χ2n) is 6.69. The fourth-order valence-corrected chi connectivity index (χ4v) is 3.67. The van der Waals surface area contributed by atoms with Crippen LogP contribution in [0.5, 0.6) is 0 Å². The van der Waals surface area contributed by atoms with E-state index in [0.29, 0.717) is 40.8 Å². The number of pyridine rings is 2. The van der Waals surface area contributed by atoms with Crippen molar-refractivity contribution in [2.75, 3.05) is 36.9 Å². The van der Waals surface area contributed by atoms with E-state index < -0.39 is 11.4 Å². The van der Waals surface area contributed by atoms with E-state index >= 15 is 0 Å². The second kappa shape index (κ2) is 6.31. The number of fused-ring (bicyclic) bond motifs is 2. The maximum Gasteiger partial charge on any atom is 0.272 e. The van der Waals surface area contributed by atoms with Crippen molar-refractivity contribution in [1.29, 1.82) is 0 Å². The van der Waals surface area contributed by atoms with Crippen LogP contribution in [0.25, 0.3) is 33.1 Å². The first kappa shape index (κ1) is 16.7. The fourth-order valence-electron chi connectivity index (χ4n) is 3.67. The summed E-state index contributed by atoms with van der Waals surface area (Å²) in [6.07, 6.45) is 3.27. The number of aromatic nitrogens is 4. The van der Waals surface area contributed by atoms with Crippen molar-refractivity contribution in [3.05, 3.63) is 46.8 Å². The third-order valence-electron chi connectivity index (χ3n) is 5.08. The van der Waals surface area contributed by atoms with E-state index in [1.807, 2.05) is 6.07 Å². The van der Waals surface area contributed by atoms with E-state index in [2.05, 4.69) is 25.1 Å². The van der Waals surface area contributed by atoms with Gasteiger partial charge in [0.05, 0.1) is 42.3 Å². The van der Waals surface area contributed by atoms with Crippen LogP contribution < -0.4 is 16.2 Å². The molecule has 9 heteroatoms. The first-order chi connectivity index (χ1) is 13.6. The number of H-pyrrole nitrogens is 2. The molecule has 0 atom stereocenters. The van der Waals surface area contributed by atoms with Crippen molar-refractivity contribution in [1.82, 2.24) is 20.2 Å². The van der Waals surface area contributed by atoms with Gasteiger partial charge < -0.3 is 20.4 Å². The fraction of sp³-hybridized carbons (Fsp3) is 0.211. The molecule has 1 aliphatic rings. The lowest BCUT2D eigenvalue weighted by molar-refractivity contribution is 0.122. The van der Waals surface area contributed by atoms with E-state index in [1.54, 1.807) is 12.3 Å². The van der Waals surface area contributed by atoms with Crippen LogP contribution >= 0.6 is 0 Å². The smallest absolute Gasteiger partial charge is 0.272 e. The molecule has 0 saturated carbocycles. The van der Waals surface area contributed by atoms with E-state index in [4.69, 9.17) is 10.5 Å². The number of morpholine rings is 1. The standard InChI is InChI=1S/C19H17FN6O2/c20-13-2-1-11(12-9-23-25-17(12)13)15-16(21)19(27)24-14-7-10(8-22-18(14)15)26-3-5-28-6-4-26/h1-2,7-9H,3-6,21H2,(H,23,25)(H,24,27). The number of rotatable bonds is 2. The van der Waals surface area contributed by atoms with Crippen LogP contribution in [-0.4, -0.2) is 46.5 Å². The third-order valence-corrected chi connectivity index (χ3v) is 5.08. The van der Waals surface area contributed by atoms with Crippen LogP contribution in [0, 0.1) is 5.82 Å². The lowest BCUT2D eigenvalue weighted by atomic mass is 9.99. The normalized spacial score (nSPS) is 14.8. The first-order valence-electron chi connectivity index (χ1n) is 8.89. The van der Waals surface area contributed by atoms with E-state index in [0.717, 1.165) is 18.8 Å². The highest BCUT2D eigenvalue weighted by Gasteiger charge is 2.19. The number of nitrogen functional groups attached to an aromatic ring is 1. The quantitative estimate of drug-likeness (QED) is 0.490. The molecular weight excluding hydrogens is 363 g/mol. The van der Waals surface area contributed by atoms with Crippen LogP contribution in [0.4, 0.5) is 15.8 Å². The molecule has 4 aromatic rings. The van der Waals surface area contributed by atoms with Crippen LogP contribution in [0.2, 0.25) is 0 Å². The molecule has 1 saturated heterocycles. The zero-order chi connectivity index (χ0) is 19.3. The summed E-state index contributed by atoms with van der Waals surface area (Å²) in [5.74, 6) is -0.425. The molecule has 0 bridgehead atoms. The van der Waals surface area contributed by atoms with Crippen molar-refractivity contribution in [3.63, 3.8) is 0 Å². The number of nitrogens with zero attached hydrogens (tertiary/aromatic N) is 3. The van der Waals surface area contributed by atoms with Gasteiger partial charge in [-0.1, -0.05) is 6.07 Å². The monoisotopic (exact) mass is 380 g/mol. The molecule has 3 aromatic heterocycles. The SMILES string of the molecule is Nc1c(-c2ccc(F)c3[nH]ncc23)c2ncc(N3CCOCC3)cc2[nH]c1=O. The molecule has 0 radical (unpaired) electrons. The summed E-state index contributed by atoms with van der Waals surface area (Å²) >= 11 is 0. The Kier molecular flexibility index (Phi) is 3.76. The Morgan fingerprint density at radius 1 is 1.21 bits per heavy atom. The van der Waals surface area contributed by atoms with Gasteiger partial charge in [-0.2, -0.15) is 5.10 Å². The van der Waals surface area contributed by atoms with Crippen molar-refractivity contribution in [2.24, 2.45) is 0 Å².